The number of carbonyl (C=O) groups is 2. The number of halogens is 1. The first-order chi connectivity index (χ1) is 16.9. The van der Waals surface area contributed by atoms with Gasteiger partial charge in [-0.1, -0.05) is 12.1 Å². The summed E-state index contributed by atoms with van der Waals surface area (Å²) in [5.41, 5.74) is 8.03. The summed E-state index contributed by atoms with van der Waals surface area (Å²) in [5.74, 6) is 1.03. The molecule has 35 heavy (non-hydrogen) atoms. The average molecular weight is 477 g/mol. The van der Waals surface area contributed by atoms with Gasteiger partial charge in [-0.25, -0.2) is 4.39 Å². The van der Waals surface area contributed by atoms with Crippen LogP contribution in [0.25, 0.3) is 0 Å². The number of carbonyl (C=O) groups excluding carboxylic acids is 2. The third-order valence-corrected chi connectivity index (χ3v) is 9.39. The van der Waals surface area contributed by atoms with E-state index in [-0.39, 0.29) is 34.4 Å². The van der Waals surface area contributed by atoms with Crippen LogP contribution in [0.15, 0.2) is 48.8 Å². The maximum absolute atomic E-state index is 13.4. The number of amides is 2. The lowest BCUT2D eigenvalue weighted by Gasteiger charge is -2.60. The van der Waals surface area contributed by atoms with Crippen molar-refractivity contribution in [3.63, 3.8) is 0 Å². The van der Waals surface area contributed by atoms with Gasteiger partial charge in [-0.2, -0.15) is 0 Å². The van der Waals surface area contributed by atoms with E-state index >= 15 is 0 Å². The molecule has 3 atom stereocenters. The number of hydrogen-bond acceptors (Lipinski definition) is 4. The minimum atomic E-state index is -0.561. The molecule has 4 bridgehead atoms. The van der Waals surface area contributed by atoms with Crippen LogP contribution >= 0.6 is 0 Å². The number of nitrogens with one attached hydrogen (secondary N) is 2. The molecular formula is C28H33FN4O2. The van der Waals surface area contributed by atoms with E-state index < -0.39 is 6.04 Å². The summed E-state index contributed by atoms with van der Waals surface area (Å²) in [6.07, 6.45) is 10.0. The molecule has 4 N–H and O–H groups in total. The van der Waals surface area contributed by atoms with Gasteiger partial charge in [0.05, 0.1) is 11.5 Å². The molecule has 5 saturated carbocycles. The number of hydrogen-bond donors (Lipinski definition) is 3. The topological polar surface area (TPSA) is 97.1 Å². The molecule has 5 aliphatic carbocycles. The molecule has 0 aliphatic heterocycles. The SMILES string of the molecule is NC(C(=O)NCC1(c2ccc(F)cc2)CC1)C1C2CC3CC1CC(C(=O)Nc1ccncc1)(C3)C2. The Morgan fingerprint density at radius 2 is 1.69 bits per heavy atom. The number of anilines is 1. The Labute approximate surface area is 205 Å². The highest BCUT2D eigenvalue weighted by molar-refractivity contribution is 5.95. The second-order valence-corrected chi connectivity index (χ2v) is 11.5. The second kappa shape index (κ2) is 8.40. The van der Waals surface area contributed by atoms with E-state index in [1.165, 1.54) is 12.1 Å². The molecule has 184 valence electrons. The third kappa shape index (κ3) is 4.03. The van der Waals surface area contributed by atoms with Crippen LogP contribution in [0.2, 0.25) is 0 Å². The van der Waals surface area contributed by atoms with Gasteiger partial charge in [0.1, 0.15) is 5.82 Å². The zero-order valence-electron chi connectivity index (χ0n) is 19.9. The summed E-state index contributed by atoms with van der Waals surface area (Å²) in [7, 11) is 0. The van der Waals surface area contributed by atoms with Gasteiger partial charge >= 0.3 is 0 Å². The lowest BCUT2D eigenvalue weighted by atomic mass is 9.45. The number of nitrogens with two attached hydrogens (primary N) is 1. The minimum absolute atomic E-state index is 0.0915. The largest absolute Gasteiger partial charge is 0.354 e. The Balaban J connectivity index is 1.11. The van der Waals surface area contributed by atoms with E-state index in [4.69, 9.17) is 5.73 Å². The standard InChI is InChI=1S/C28H33FN4O2/c29-21-3-1-20(2-4-21)27(7-8-27)16-32-25(34)24(30)23-18-11-17-12-19(23)15-28(13-17,14-18)26(35)33-22-5-9-31-10-6-22/h1-6,9-10,17-19,23-24H,7-8,11-16,30H2,(H,32,34)(H,31,33,35). The van der Waals surface area contributed by atoms with Crippen molar-refractivity contribution in [2.75, 3.05) is 11.9 Å². The van der Waals surface area contributed by atoms with Gasteiger partial charge < -0.3 is 16.4 Å². The van der Waals surface area contributed by atoms with E-state index in [9.17, 15) is 14.0 Å². The van der Waals surface area contributed by atoms with Crippen molar-refractivity contribution < 1.29 is 14.0 Å². The van der Waals surface area contributed by atoms with Gasteiger partial charge in [-0.05, 0) is 98.4 Å². The number of pyridine rings is 1. The number of nitrogens with zero attached hydrogens (tertiary/aromatic N) is 1. The number of aromatic nitrogens is 1. The Hall–Kier alpha value is -2.80. The van der Waals surface area contributed by atoms with Gasteiger partial charge in [0.2, 0.25) is 11.8 Å². The predicted octanol–water partition coefficient (Wildman–Crippen LogP) is 3.78. The molecule has 0 radical (unpaired) electrons. The van der Waals surface area contributed by atoms with Crippen molar-refractivity contribution in [1.29, 1.82) is 0 Å². The fourth-order valence-electron chi connectivity index (χ4n) is 7.70. The molecule has 6 nitrogen and oxygen atoms in total. The van der Waals surface area contributed by atoms with Crippen LogP contribution in [0.1, 0.15) is 50.5 Å². The number of benzene rings is 1. The Morgan fingerprint density at radius 1 is 1.03 bits per heavy atom. The summed E-state index contributed by atoms with van der Waals surface area (Å²) < 4.78 is 13.3. The molecule has 3 unspecified atom stereocenters. The smallest absolute Gasteiger partial charge is 0.237 e. The van der Waals surface area contributed by atoms with Crippen LogP contribution in [0, 0.1) is 34.9 Å². The quantitative estimate of drug-likeness (QED) is 0.567. The molecule has 7 rings (SSSR count). The maximum atomic E-state index is 13.4. The van der Waals surface area contributed by atoms with Gasteiger partial charge in [-0.15, -0.1) is 0 Å². The highest BCUT2D eigenvalue weighted by Crippen LogP contribution is 2.63. The molecule has 1 heterocycles. The summed E-state index contributed by atoms with van der Waals surface area (Å²) in [4.78, 5) is 30.6. The molecule has 2 amide bonds. The minimum Gasteiger partial charge on any atom is -0.354 e. The van der Waals surface area contributed by atoms with Crippen molar-refractivity contribution in [2.45, 2.75) is 56.4 Å². The van der Waals surface area contributed by atoms with E-state index in [0.29, 0.717) is 24.3 Å². The summed E-state index contributed by atoms with van der Waals surface area (Å²) in [6.45, 7) is 0.536. The van der Waals surface area contributed by atoms with Crippen LogP contribution in [-0.4, -0.2) is 29.4 Å². The van der Waals surface area contributed by atoms with Gasteiger partial charge in [-0.3, -0.25) is 14.6 Å². The van der Waals surface area contributed by atoms with Gasteiger partial charge in [0.15, 0.2) is 0 Å². The van der Waals surface area contributed by atoms with Crippen LogP contribution < -0.4 is 16.4 Å². The first kappa shape index (κ1) is 22.7. The average Bonchev–Trinajstić information content (AvgIpc) is 3.64. The molecule has 1 aromatic carbocycles. The first-order valence-corrected chi connectivity index (χ1v) is 12.9. The predicted molar refractivity (Wildman–Crippen MR) is 131 cm³/mol. The molecular weight excluding hydrogens is 443 g/mol. The Kier molecular flexibility index (Phi) is 5.44. The first-order valence-electron chi connectivity index (χ1n) is 12.9. The summed E-state index contributed by atoms with van der Waals surface area (Å²) in [5, 5.41) is 6.25. The lowest BCUT2D eigenvalue weighted by molar-refractivity contribution is -0.151. The molecule has 0 saturated heterocycles. The monoisotopic (exact) mass is 476 g/mol. The fourth-order valence-corrected chi connectivity index (χ4v) is 7.70. The number of rotatable bonds is 7. The highest BCUT2D eigenvalue weighted by Gasteiger charge is 2.60. The second-order valence-electron chi connectivity index (χ2n) is 11.5. The van der Waals surface area contributed by atoms with Crippen molar-refractivity contribution in [3.05, 3.63) is 60.2 Å². The maximum Gasteiger partial charge on any atom is 0.237 e. The van der Waals surface area contributed by atoms with Gasteiger partial charge in [0, 0.05) is 30.0 Å². The van der Waals surface area contributed by atoms with Crippen LogP contribution in [0.4, 0.5) is 10.1 Å². The van der Waals surface area contributed by atoms with E-state index in [0.717, 1.165) is 56.2 Å². The highest BCUT2D eigenvalue weighted by atomic mass is 19.1. The Morgan fingerprint density at radius 3 is 2.31 bits per heavy atom. The van der Waals surface area contributed by atoms with Crippen molar-refractivity contribution in [1.82, 2.24) is 10.3 Å². The molecule has 0 spiro atoms. The Bertz CT molecular complexity index is 1100. The van der Waals surface area contributed by atoms with Crippen LogP contribution in [0.5, 0.6) is 0 Å². The zero-order valence-corrected chi connectivity index (χ0v) is 19.9. The molecule has 1 aromatic heterocycles. The molecule has 5 aliphatic rings. The van der Waals surface area contributed by atoms with Gasteiger partial charge in [0.25, 0.3) is 0 Å². The van der Waals surface area contributed by atoms with E-state index in [1.807, 2.05) is 24.3 Å². The van der Waals surface area contributed by atoms with Crippen molar-refractivity contribution >= 4 is 17.5 Å². The van der Waals surface area contributed by atoms with Crippen molar-refractivity contribution in [2.24, 2.45) is 34.8 Å². The van der Waals surface area contributed by atoms with Crippen LogP contribution in [0.3, 0.4) is 0 Å². The van der Waals surface area contributed by atoms with E-state index in [2.05, 4.69) is 15.6 Å². The third-order valence-electron chi connectivity index (χ3n) is 9.39. The lowest BCUT2D eigenvalue weighted by Crippen LogP contribution is -2.61. The zero-order chi connectivity index (χ0) is 24.2. The summed E-state index contributed by atoms with van der Waals surface area (Å²) in [6, 6.07) is 9.69. The van der Waals surface area contributed by atoms with E-state index in [1.54, 1.807) is 12.4 Å². The fraction of sp³-hybridized carbons (Fsp3) is 0.536. The summed E-state index contributed by atoms with van der Waals surface area (Å²) >= 11 is 0. The molecule has 2 aromatic rings. The normalized spacial score (nSPS) is 32.6. The molecule has 5 fully saturated rings. The van der Waals surface area contributed by atoms with Crippen molar-refractivity contribution in [3.8, 4) is 0 Å². The van der Waals surface area contributed by atoms with Crippen LogP contribution in [-0.2, 0) is 15.0 Å². The molecule has 7 heteroatoms.